The lowest BCUT2D eigenvalue weighted by Gasteiger charge is -2.28. The first-order valence-electron chi connectivity index (χ1n) is 6.51. The molecule has 22 heavy (non-hydrogen) atoms. The van der Waals surface area contributed by atoms with Crippen LogP contribution in [0.4, 0.5) is 0 Å². The van der Waals surface area contributed by atoms with E-state index in [1.54, 1.807) is 0 Å². The summed E-state index contributed by atoms with van der Waals surface area (Å²) in [6, 6.07) is 16.7. The molecule has 1 unspecified atom stereocenters. The molecular formula is C16H16ClN5. The van der Waals surface area contributed by atoms with E-state index < -0.39 is 5.54 Å². The molecule has 1 aliphatic rings. The van der Waals surface area contributed by atoms with E-state index in [4.69, 9.17) is 22.3 Å². The Morgan fingerprint density at radius 1 is 0.909 bits per heavy atom. The van der Waals surface area contributed by atoms with Gasteiger partial charge >= 0.3 is 0 Å². The van der Waals surface area contributed by atoms with Gasteiger partial charge in [0.25, 0.3) is 0 Å². The molecular weight excluding hydrogens is 298 g/mol. The maximum absolute atomic E-state index is 8.09. The first-order valence-corrected chi connectivity index (χ1v) is 6.51. The third-order valence-electron chi connectivity index (χ3n) is 3.67. The van der Waals surface area contributed by atoms with E-state index in [9.17, 15) is 0 Å². The molecule has 6 N–H and O–H groups in total. The Labute approximate surface area is 133 Å². The first kappa shape index (κ1) is 15.7. The number of rotatable bonds is 3. The number of fused-ring (bicyclic) bond motifs is 1. The number of hydrogen-bond donors (Lipinski definition) is 4. The third kappa shape index (κ3) is 2.07. The Morgan fingerprint density at radius 3 is 2.09 bits per heavy atom. The quantitative estimate of drug-likeness (QED) is 0.493. The van der Waals surface area contributed by atoms with Crippen LogP contribution in [0.1, 0.15) is 5.56 Å². The smallest absolute Gasteiger partial charge is 0.172 e. The van der Waals surface area contributed by atoms with Gasteiger partial charge < -0.3 is 11.5 Å². The fourth-order valence-corrected chi connectivity index (χ4v) is 2.79. The summed E-state index contributed by atoms with van der Waals surface area (Å²) in [5.74, 6) is -0.266. The van der Waals surface area contributed by atoms with Gasteiger partial charge in [-0.2, -0.15) is 0 Å². The lowest BCUT2D eigenvalue weighted by atomic mass is 9.81. The van der Waals surface area contributed by atoms with Crippen LogP contribution in [0.3, 0.4) is 0 Å². The average molecular weight is 314 g/mol. The topological polar surface area (TPSA) is 112 Å². The Kier molecular flexibility index (Phi) is 4.01. The van der Waals surface area contributed by atoms with Crippen LogP contribution in [-0.4, -0.2) is 11.7 Å². The molecule has 6 heteroatoms. The SMILES string of the molecule is Cl.N=C(N)C1=c2ccccc2=NC1(C(=N)N)c1ccccc1. The highest BCUT2D eigenvalue weighted by atomic mass is 35.5. The van der Waals surface area contributed by atoms with E-state index in [1.807, 2.05) is 54.6 Å². The summed E-state index contributed by atoms with van der Waals surface area (Å²) in [4.78, 5) is 4.65. The van der Waals surface area contributed by atoms with Crippen LogP contribution in [-0.2, 0) is 5.54 Å². The van der Waals surface area contributed by atoms with Gasteiger partial charge in [-0.25, -0.2) is 0 Å². The maximum atomic E-state index is 8.09. The summed E-state index contributed by atoms with van der Waals surface area (Å²) in [6.07, 6.45) is 0. The van der Waals surface area contributed by atoms with Crippen molar-refractivity contribution < 1.29 is 0 Å². The van der Waals surface area contributed by atoms with Crippen molar-refractivity contribution in [2.24, 2.45) is 16.5 Å². The second-order valence-electron chi connectivity index (χ2n) is 4.91. The van der Waals surface area contributed by atoms with E-state index in [2.05, 4.69) is 4.99 Å². The standard InChI is InChI=1S/C16H15N5.ClH/c17-14(18)13-11-8-4-5-9-12(11)21-16(13,15(19)20)10-6-2-1-3-7-10;/h1-9H,(H3,17,18)(H3,19,20);1H. The van der Waals surface area contributed by atoms with Gasteiger partial charge in [0.1, 0.15) is 11.7 Å². The summed E-state index contributed by atoms with van der Waals surface area (Å²) >= 11 is 0. The predicted octanol–water partition coefficient (Wildman–Crippen LogP) is 0.660. The van der Waals surface area contributed by atoms with Crippen LogP contribution in [0.15, 0.2) is 59.6 Å². The van der Waals surface area contributed by atoms with Crippen LogP contribution in [0.5, 0.6) is 0 Å². The summed E-state index contributed by atoms with van der Waals surface area (Å²) < 4.78 is 0. The minimum Gasteiger partial charge on any atom is -0.385 e. The third-order valence-corrected chi connectivity index (χ3v) is 3.67. The van der Waals surface area contributed by atoms with E-state index in [0.717, 1.165) is 10.8 Å². The molecule has 0 bridgehead atoms. The maximum Gasteiger partial charge on any atom is 0.172 e. The molecule has 3 rings (SSSR count). The molecule has 5 nitrogen and oxygen atoms in total. The highest BCUT2D eigenvalue weighted by Crippen LogP contribution is 2.35. The van der Waals surface area contributed by atoms with Crippen LogP contribution in [0.2, 0.25) is 0 Å². The van der Waals surface area contributed by atoms with Crippen molar-refractivity contribution >= 4 is 29.7 Å². The molecule has 1 atom stereocenters. The average Bonchev–Trinajstić information content (AvgIpc) is 2.84. The van der Waals surface area contributed by atoms with Crippen LogP contribution in [0, 0.1) is 10.8 Å². The number of nitrogens with two attached hydrogens (primary N) is 2. The van der Waals surface area contributed by atoms with Crippen molar-refractivity contribution in [1.82, 2.24) is 0 Å². The van der Waals surface area contributed by atoms with Gasteiger partial charge in [-0.1, -0.05) is 48.5 Å². The van der Waals surface area contributed by atoms with Gasteiger partial charge in [0.15, 0.2) is 5.54 Å². The Balaban J connectivity index is 0.00000176. The second kappa shape index (κ2) is 5.61. The number of amidine groups is 2. The second-order valence-corrected chi connectivity index (χ2v) is 4.91. The van der Waals surface area contributed by atoms with Gasteiger partial charge in [0.2, 0.25) is 0 Å². The minimum atomic E-state index is -1.21. The highest BCUT2D eigenvalue weighted by molar-refractivity contribution is 6.24. The van der Waals surface area contributed by atoms with Crippen molar-refractivity contribution in [1.29, 1.82) is 10.8 Å². The van der Waals surface area contributed by atoms with Crippen molar-refractivity contribution in [3.8, 4) is 0 Å². The monoisotopic (exact) mass is 313 g/mol. The van der Waals surface area contributed by atoms with Gasteiger partial charge in [0.05, 0.1) is 5.36 Å². The Morgan fingerprint density at radius 2 is 1.50 bits per heavy atom. The van der Waals surface area contributed by atoms with Gasteiger partial charge in [-0.15, -0.1) is 12.4 Å². The molecule has 1 heterocycles. The van der Waals surface area contributed by atoms with E-state index in [-0.39, 0.29) is 24.1 Å². The first-order chi connectivity index (χ1) is 10.1. The fraction of sp³-hybridized carbons (Fsp3) is 0.0625. The fourth-order valence-electron chi connectivity index (χ4n) is 2.79. The van der Waals surface area contributed by atoms with E-state index >= 15 is 0 Å². The summed E-state index contributed by atoms with van der Waals surface area (Å²) in [7, 11) is 0. The normalized spacial score (nSPS) is 18.8. The number of benzene rings is 2. The molecule has 0 radical (unpaired) electrons. The lowest BCUT2D eigenvalue weighted by Crippen LogP contribution is -2.43. The van der Waals surface area contributed by atoms with Crippen molar-refractivity contribution in [2.45, 2.75) is 5.54 Å². The molecule has 0 saturated carbocycles. The Hall–Kier alpha value is -2.66. The number of para-hydroxylation sites is 1. The van der Waals surface area contributed by atoms with Crippen molar-refractivity contribution in [3.63, 3.8) is 0 Å². The summed E-state index contributed by atoms with van der Waals surface area (Å²) in [6.45, 7) is 0. The van der Waals surface area contributed by atoms with Crippen LogP contribution in [0.25, 0.3) is 5.57 Å². The van der Waals surface area contributed by atoms with Crippen molar-refractivity contribution in [2.75, 3.05) is 0 Å². The molecule has 0 aromatic heterocycles. The largest absolute Gasteiger partial charge is 0.385 e. The van der Waals surface area contributed by atoms with Crippen LogP contribution < -0.4 is 22.0 Å². The van der Waals surface area contributed by atoms with Gasteiger partial charge in [0, 0.05) is 10.8 Å². The molecule has 1 aliphatic heterocycles. The van der Waals surface area contributed by atoms with Gasteiger partial charge in [-0.3, -0.25) is 15.8 Å². The van der Waals surface area contributed by atoms with E-state index in [0.29, 0.717) is 10.9 Å². The molecule has 0 saturated heterocycles. The van der Waals surface area contributed by atoms with E-state index in [1.165, 1.54) is 0 Å². The summed E-state index contributed by atoms with van der Waals surface area (Å²) in [5.41, 5.74) is 11.7. The Bertz CT molecular complexity index is 860. The molecule has 2 aromatic rings. The lowest BCUT2D eigenvalue weighted by molar-refractivity contribution is 0.769. The number of halogens is 1. The van der Waals surface area contributed by atoms with Crippen molar-refractivity contribution in [3.05, 3.63) is 70.7 Å². The minimum absolute atomic E-state index is 0. The number of nitrogens with one attached hydrogen (secondary N) is 2. The molecule has 0 amide bonds. The molecule has 2 aromatic carbocycles. The number of hydrogen-bond acceptors (Lipinski definition) is 3. The molecule has 0 fully saturated rings. The highest BCUT2D eigenvalue weighted by Gasteiger charge is 2.44. The molecule has 0 aliphatic carbocycles. The molecule has 112 valence electrons. The predicted molar refractivity (Wildman–Crippen MR) is 89.8 cm³/mol. The zero-order valence-corrected chi connectivity index (χ0v) is 12.5. The van der Waals surface area contributed by atoms with Gasteiger partial charge in [-0.05, 0) is 11.6 Å². The zero-order valence-electron chi connectivity index (χ0n) is 11.7. The molecule has 0 spiro atoms. The number of nitrogens with zero attached hydrogens (tertiary/aromatic N) is 1. The summed E-state index contributed by atoms with van der Waals surface area (Å²) in [5, 5.41) is 17.5. The van der Waals surface area contributed by atoms with Crippen LogP contribution >= 0.6 is 12.4 Å². The zero-order chi connectivity index (χ0) is 15.0.